The van der Waals surface area contributed by atoms with Gasteiger partial charge in [0.15, 0.2) is 5.69 Å². The lowest BCUT2D eigenvalue weighted by atomic mass is 10.2. The summed E-state index contributed by atoms with van der Waals surface area (Å²) < 4.78 is 3.60. The molecule has 0 spiro atoms. The standard InChI is InChI=1S/C17H22N3OSi/c1-18(2)13-6-8-14(9-7-13)19-12-15-10-11-16(22(3,4)5)20(15)17(19)21/h6-12H,1-5H3/q+1. The van der Waals surface area contributed by atoms with Gasteiger partial charge in [-0.25, -0.2) is 0 Å². The van der Waals surface area contributed by atoms with E-state index in [9.17, 15) is 4.79 Å². The molecule has 0 aliphatic carbocycles. The summed E-state index contributed by atoms with van der Waals surface area (Å²) in [6, 6.07) is 12.2. The maximum atomic E-state index is 12.8. The second-order valence-electron chi connectivity index (χ2n) is 6.92. The van der Waals surface area contributed by atoms with E-state index in [0.29, 0.717) is 0 Å². The molecule has 114 valence electrons. The largest absolute Gasteiger partial charge is 0.508 e. The van der Waals surface area contributed by atoms with Crippen molar-refractivity contribution >= 4 is 37.0 Å². The first-order valence-corrected chi connectivity index (χ1v) is 11.0. The zero-order chi connectivity index (χ0) is 16.1. The predicted molar refractivity (Wildman–Crippen MR) is 94.1 cm³/mol. The molecule has 1 aliphatic rings. The third-order valence-corrected chi connectivity index (χ3v) is 5.91. The molecule has 2 aromatic rings. The van der Waals surface area contributed by atoms with Crippen LogP contribution in [0.5, 0.6) is 0 Å². The molecule has 0 fully saturated rings. The van der Waals surface area contributed by atoms with E-state index in [4.69, 9.17) is 0 Å². The van der Waals surface area contributed by atoms with Gasteiger partial charge in [0.05, 0.1) is 5.32 Å². The molecule has 1 aromatic heterocycles. The van der Waals surface area contributed by atoms with E-state index in [0.717, 1.165) is 17.1 Å². The van der Waals surface area contributed by atoms with Crippen molar-refractivity contribution in [1.82, 2.24) is 4.57 Å². The Labute approximate surface area is 132 Å². The number of aromatic nitrogens is 1. The molecule has 0 saturated carbocycles. The van der Waals surface area contributed by atoms with Crippen LogP contribution in [0.25, 0.3) is 0 Å². The monoisotopic (exact) mass is 312 g/mol. The number of hydrogen-bond acceptors (Lipinski definition) is 2. The van der Waals surface area contributed by atoms with Crippen LogP contribution in [-0.4, -0.2) is 43.6 Å². The first-order valence-electron chi connectivity index (χ1n) is 7.47. The molecule has 1 amide bonds. The van der Waals surface area contributed by atoms with E-state index in [1.54, 1.807) is 4.58 Å². The number of fused-ring (bicyclic) bond motifs is 1. The minimum atomic E-state index is -1.55. The van der Waals surface area contributed by atoms with Gasteiger partial charge in [0.1, 0.15) is 20.0 Å². The number of carbonyl (C=O) groups excluding carboxylic acids is 1. The molecular formula is C17H22N3OSi+. The summed E-state index contributed by atoms with van der Waals surface area (Å²) in [5, 5.41) is 1.18. The van der Waals surface area contributed by atoms with E-state index >= 15 is 0 Å². The van der Waals surface area contributed by atoms with Gasteiger partial charge in [-0.05, 0) is 36.4 Å². The molecule has 5 heteroatoms. The summed E-state index contributed by atoms with van der Waals surface area (Å²) in [6.45, 7) is 6.78. The lowest BCUT2D eigenvalue weighted by molar-refractivity contribution is -0.321. The van der Waals surface area contributed by atoms with Crippen molar-refractivity contribution in [2.24, 2.45) is 0 Å². The number of hydrogen-bond donors (Lipinski definition) is 0. The van der Waals surface area contributed by atoms with Crippen LogP contribution in [0.15, 0.2) is 36.4 Å². The average Bonchev–Trinajstić information content (AvgIpc) is 2.99. The van der Waals surface area contributed by atoms with Crippen LogP contribution in [0.4, 0.5) is 16.2 Å². The normalized spacial score (nSPS) is 14.0. The Morgan fingerprint density at radius 1 is 1.00 bits per heavy atom. The Balaban J connectivity index is 1.99. The summed E-state index contributed by atoms with van der Waals surface area (Å²) in [5.74, 6) is 0. The van der Waals surface area contributed by atoms with Crippen molar-refractivity contribution in [2.75, 3.05) is 19.0 Å². The van der Waals surface area contributed by atoms with Crippen molar-refractivity contribution in [2.45, 2.75) is 19.6 Å². The molecule has 0 N–H and O–H groups in total. The van der Waals surface area contributed by atoms with E-state index in [-0.39, 0.29) is 6.03 Å². The predicted octanol–water partition coefficient (Wildman–Crippen LogP) is 2.84. The minimum absolute atomic E-state index is 0.0232. The van der Waals surface area contributed by atoms with Gasteiger partial charge in [-0.1, -0.05) is 19.6 Å². The second kappa shape index (κ2) is 4.95. The number of rotatable bonds is 3. The van der Waals surface area contributed by atoms with E-state index < -0.39 is 8.07 Å². The fourth-order valence-electron chi connectivity index (χ4n) is 2.74. The Kier molecular flexibility index (Phi) is 3.32. The average molecular weight is 312 g/mol. The zero-order valence-corrected chi connectivity index (χ0v) is 14.8. The summed E-state index contributed by atoms with van der Waals surface area (Å²) in [6.07, 6.45) is 1.93. The first kappa shape index (κ1) is 14.8. The molecule has 22 heavy (non-hydrogen) atoms. The van der Waals surface area contributed by atoms with E-state index in [1.165, 1.54) is 5.32 Å². The van der Waals surface area contributed by atoms with Crippen LogP contribution in [0.1, 0.15) is 5.69 Å². The molecule has 0 atom stereocenters. The Morgan fingerprint density at radius 3 is 2.18 bits per heavy atom. The molecule has 3 rings (SSSR count). The van der Waals surface area contributed by atoms with E-state index in [1.807, 2.05) is 60.1 Å². The third-order valence-electron chi connectivity index (χ3n) is 3.98. The van der Waals surface area contributed by atoms with Gasteiger partial charge in [0, 0.05) is 19.8 Å². The van der Waals surface area contributed by atoms with Crippen LogP contribution in [0.3, 0.4) is 0 Å². The van der Waals surface area contributed by atoms with Crippen LogP contribution < -0.4 is 10.2 Å². The molecular weight excluding hydrogens is 290 g/mol. The number of amides is 1. The Hall–Kier alpha value is -2.14. The number of carbonyl (C=O) groups is 1. The molecule has 2 heterocycles. The highest BCUT2D eigenvalue weighted by molar-refractivity contribution is 6.88. The maximum Gasteiger partial charge on any atom is 0.508 e. The molecule has 0 bridgehead atoms. The van der Waals surface area contributed by atoms with Crippen LogP contribution >= 0.6 is 0 Å². The summed E-state index contributed by atoms with van der Waals surface area (Å²) >= 11 is 0. The topological polar surface area (TPSA) is 28.2 Å². The van der Waals surface area contributed by atoms with Crippen LogP contribution in [0.2, 0.25) is 19.6 Å². The van der Waals surface area contributed by atoms with Gasteiger partial charge in [-0.3, -0.25) is 0 Å². The fourth-order valence-corrected chi connectivity index (χ4v) is 4.22. The molecule has 0 radical (unpaired) electrons. The van der Waals surface area contributed by atoms with Crippen molar-refractivity contribution in [3.8, 4) is 0 Å². The van der Waals surface area contributed by atoms with Crippen molar-refractivity contribution in [3.05, 3.63) is 42.1 Å². The number of nitrogens with zero attached hydrogens (tertiary/aromatic N) is 3. The highest BCUT2D eigenvalue weighted by atomic mass is 28.3. The van der Waals surface area contributed by atoms with Crippen LogP contribution in [-0.2, 0) is 0 Å². The third kappa shape index (κ3) is 2.31. The Bertz CT molecular complexity index is 764. The fraction of sp³-hybridized carbons (Fsp3) is 0.294. The minimum Gasteiger partial charge on any atom is -0.378 e. The van der Waals surface area contributed by atoms with Gasteiger partial charge in [-0.2, -0.15) is 13.9 Å². The van der Waals surface area contributed by atoms with Crippen molar-refractivity contribution in [1.29, 1.82) is 0 Å². The molecule has 1 aliphatic heterocycles. The second-order valence-corrected chi connectivity index (χ2v) is 11.9. The van der Waals surface area contributed by atoms with Crippen LogP contribution in [0, 0.1) is 0 Å². The molecule has 0 saturated heterocycles. The van der Waals surface area contributed by atoms with Crippen molar-refractivity contribution in [3.63, 3.8) is 0 Å². The number of benzene rings is 1. The van der Waals surface area contributed by atoms with Gasteiger partial charge < -0.3 is 4.90 Å². The molecule has 4 nitrogen and oxygen atoms in total. The number of anilines is 1. The summed E-state index contributed by atoms with van der Waals surface area (Å²) in [4.78, 5) is 14.9. The van der Waals surface area contributed by atoms with Gasteiger partial charge in [0.2, 0.25) is 0 Å². The SMILES string of the molecule is CN(C)c1ccc([N+]2=Cc3ccc([Si](C)(C)C)n3C2=O)cc1. The lowest BCUT2D eigenvalue weighted by Crippen LogP contribution is -2.45. The smallest absolute Gasteiger partial charge is 0.378 e. The first-order chi connectivity index (χ1) is 10.3. The van der Waals surface area contributed by atoms with E-state index in [2.05, 4.69) is 25.7 Å². The van der Waals surface area contributed by atoms with Crippen molar-refractivity contribution < 1.29 is 9.37 Å². The molecule has 1 aromatic carbocycles. The highest BCUT2D eigenvalue weighted by Gasteiger charge is 2.38. The molecule has 0 unspecified atom stereocenters. The van der Waals surface area contributed by atoms with Gasteiger partial charge in [-0.15, -0.1) is 0 Å². The summed E-state index contributed by atoms with van der Waals surface area (Å²) in [5.41, 5.74) is 3.00. The quantitative estimate of drug-likeness (QED) is 0.644. The zero-order valence-electron chi connectivity index (χ0n) is 13.8. The highest BCUT2D eigenvalue weighted by Crippen LogP contribution is 2.22. The van der Waals surface area contributed by atoms with Gasteiger partial charge >= 0.3 is 6.03 Å². The summed E-state index contributed by atoms with van der Waals surface area (Å²) in [7, 11) is 2.47. The Morgan fingerprint density at radius 2 is 1.64 bits per heavy atom. The lowest BCUT2D eigenvalue weighted by Gasteiger charge is -2.13. The van der Waals surface area contributed by atoms with Gasteiger partial charge in [0.25, 0.3) is 0 Å². The maximum absolute atomic E-state index is 12.8.